The minimum Gasteiger partial charge on any atom is -0.481 e. The van der Waals surface area contributed by atoms with Gasteiger partial charge in [-0.25, -0.2) is 4.98 Å². The molecule has 0 saturated heterocycles. The van der Waals surface area contributed by atoms with Gasteiger partial charge in [0.2, 0.25) is 5.88 Å². The summed E-state index contributed by atoms with van der Waals surface area (Å²) >= 11 is 0. The highest BCUT2D eigenvalue weighted by Crippen LogP contribution is 2.31. The van der Waals surface area contributed by atoms with Crippen molar-refractivity contribution in [2.75, 3.05) is 13.7 Å². The van der Waals surface area contributed by atoms with Crippen molar-refractivity contribution in [3.63, 3.8) is 0 Å². The van der Waals surface area contributed by atoms with Crippen molar-refractivity contribution in [3.8, 4) is 5.88 Å². The van der Waals surface area contributed by atoms with Gasteiger partial charge in [0.05, 0.1) is 12.8 Å². The first-order valence-corrected chi connectivity index (χ1v) is 5.08. The minimum atomic E-state index is 0.463. The predicted octanol–water partition coefficient (Wildman–Crippen LogP) is 1.19. The normalized spacial score (nSPS) is 22.5. The van der Waals surface area contributed by atoms with E-state index in [1.165, 1.54) is 11.1 Å². The maximum atomic E-state index is 5.25. The summed E-state index contributed by atoms with van der Waals surface area (Å²) in [5.74, 6) is 1.19. The molecule has 4 nitrogen and oxygen atoms in total. The summed E-state index contributed by atoms with van der Waals surface area (Å²) in [5, 5.41) is 4.07. The van der Waals surface area contributed by atoms with Crippen molar-refractivity contribution in [1.82, 2.24) is 4.98 Å². The Bertz CT molecular complexity index is 429. The number of aromatic nitrogens is 1. The van der Waals surface area contributed by atoms with E-state index in [0.717, 1.165) is 31.0 Å². The smallest absolute Gasteiger partial charge is 0.216 e. The number of fused-ring (bicyclic) bond motifs is 2. The molecule has 0 amide bonds. The van der Waals surface area contributed by atoms with E-state index in [1.54, 1.807) is 13.3 Å². The Hall–Kier alpha value is -1.58. The summed E-state index contributed by atoms with van der Waals surface area (Å²) in [6.07, 6.45) is 3.61. The van der Waals surface area contributed by atoms with E-state index in [0.29, 0.717) is 5.92 Å². The van der Waals surface area contributed by atoms with Crippen LogP contribution in [0, 0.1) is 5.92 Å². The number of nitrogens with zero attached hydrogens (tertiary/aromatic N) is 2. The van der Waals surface area contributed by atoms with E-state index in [1.807, 2.05) is 0 Å². The van der Waals surface area contributed by atoms with Crippen LogP contribution < -0.4 is 4.74 Å². The molecule has 1 aromatic heterocycles. The Morgan fingerprint density at radius 2 is 2.47 bits per heavy atom. The lowest BCUT2D eigenvalue weighted by Crippen LogP contribution is -2.25. The first-order chi connectivity index (χ1) is 7.38. The minimum absolute atomic E-state index is 0.463. The van der Waals surface area contributed by atoms with E-state index < -0.39 is 0 Å². The molecule has 4 heteroatoms. The van der Waals surface area contributed by atoms with Gasteiger partial charge in [-0.3, -0.25) is 0 Å². The maximum absolute atomic E-state index is 5.25. The van der Waals surface area contributed by atoms with Crippen LogP contribution in [0.25, 0.3) is 0 Å². The Labute approximate surface area is 87.9 Å². The summed E-state index contributed by atoms with van der Waals surface area (Å²) in [7, 11) is 1.65. The first kappa shape index (κ1) is 8.71. The average Bonchev–Trinajstić information content (AvgIpc) is 2.72. The molecule has 1 aliphatic carbocycles. The van der Waals surface area contributed by atoms with Crippen LogP contribution in [0.4, 0.5) is 0 Å². The summed E-state index contributed by atoms with van der Waals surface area (Å²) in [6.45, 7) is 0.722. The van der Waals surface area contributed by atoms with Gasteiger partial charge < -0.3 is 9.57 Å². The van der Waals surface area contributed by atoms with Gasteiger partial charge in [0, 0.05) is 24.1 Å². The Kier molecular flexibility index (Phi) is 1.87. The van der Waals surface area contributed by atoms with E-state index in [4.69, 9.17) is 9.57 Å². The zero-order chi connectivity index (χ0) is 10.3. The molecule has 0 saturated carbocycles. The van der Waals surface area contributed by atoms with E-state index in [2.05, 4.69) is 16.2 Å². The van der Waals surface area contributed by atoms with E-state index in [-0.39, 0.29) is 0 Å². The van der Waals surface area contributed by atoms with Crippen LogP contribution in [0.2, 0.25) is 0 Å². The van der Waals surface area contributed by atoms with Gasteiger partial charge in [0.15, 0.2) is 0 Å². The molecule has 1 aromatic rings. The topological polar surface area (TPSA) is 43.7 Å². The summed E-state index contributed by atoms with van der Waals surface area (Å²) in [4.78, 5) is 9.33. The highest BCUT2D eigenvalue weighted by atomic mass is 16.6. The molecule has 3 rings (SSSR count). The zero-order valence-corrected chi connectivity index (χ0v) is 8.56. The van der Waals surface area contributed by atoms with Crippen LogP contribution in [-0.2, 0) is 17.7 Å². The maximum Gasteiger partial charge on any atom is 0.216 e. The third kappa shape index (κ3) is 1.28. The van der Waals surface area contributed by atoms with E-state index >= 15 is 0 Å². The molecule has 0 bridgehead atoms. The lowest BCUT2D eigenvalue weighted by molar-refractivity contribution is 0.154. The summed E-state index contributed by atoms with van der Waals surface area (Å²) in [6, 6.07) is 2.06. The third-order valence-electron chi connectivity index (χ3n) is 3.06. The van der Waals surface area contributed by atoms with Gasteiger partial charge in [-0.2, -0.15) is 0 Å². The van der Waals surface area contributed by atoms with Gasteiger partial charge in [0.1, 0.15) is 6.61 Å². The second-order valence-electron chi connectivity index (χ2n) is 3.91. The van der Waals surface area contributed by atoms with Crippen molar-refractivity contribution in [1.29, 1.82) is 0 Å². The van der Waals surface area contributed by atoms with Gasteiger partial charge in [-0.05, 0) is 18.1 Å². The number of ether oxygens (including phenoxy) is 1. The molecular weight excluding hydrogens is 192 g/mol. The van der Waals surface area contributed by atoms with E-state index in [9.17, 15) is 0 Å². The Morgan fingerprint density at radius 3 is 3.33 bits per heavy atom. The molecule has 0 aromatic carbocycles. The molecule has 2 heterocycles. The SMILES string of the molecule is COc1nccc2c1CC1=NOCC1C2. The van der Waals surface area contributed by atoms with Gasteiger partial charge in [-0.1, -0.05) is 5.16 Å². The predicted molar refractivity (Wildman–Crippen MR) is 55.1 cm³/mol. The second kappa shape index (κ2) is 3.22. The van der Waals surface area contributed by atoms with Gasteiger partial charge in [-0.15, -0.1) is 0 Å². The number of pyridine rings is 1. The molecule has 15 heavy (non-hydrogen) atoms. The van der Waals surface area contributed by atoms with Crippen molar-refractivity contribution < 1.29 is 9.57 Å². The zero-order valence-electron chi connectivity index (χ0n) is 8.56. The fourth-order valence-corrected chi connectivity index (χ4v) is 2.25. The molecular formula is C11H12N2O2. The molecule has 0 spiro atoms. The molecule has 78 valence electrons. The fourth-order valence-electron chi connectivity index (χ4n) is 2.25. The molecule has 1 unspecified atom stereocenters. The summed E-state index contributed by atoms with van der Waals surface area (Å²) in [5.41, 5.74) is 3.62. The van der Waals surface area contributed by atoms with Gasteiger partial charge >= 0.3 is 0 Å². The van der Waals surface area contributed by atoms with Crippen molar-refractivity contribution in [3.05, 3.63) is 23.4 Å². The molecule has 1 atom stereocenters. The molecule has 0 N–H and O–H groups in total. The van der Waals surface area contributed by atoms with Crippen LogP contribution in [0.15, 0.2) is 17.4 Å². The highest BCUT2D eigenvalue weighted by molar-refractivity contribution is 5.91. The quantitative estimate of drug-likeness (QED) is 0.690. The van der Waals surface area contributed by atoms with Crippen LogP contribution >= 0.6 is 0 Å². The van der Waals surface area contributed by atoms with Crippen LogP contribution in [0.5, 0.6) is 5.88 Å². The third-order valence-corrected chi connectivity index (χ3v) is 3.06. The Balaban J connectivity index is 2.06. The van der Waals surface area contributed by atoms with Gasteiger partial charge in [0.25, 0.3) is 0 Å². The lowest BCUT2D eigenvalue weighted by Gasteiger charge is -2.21. The van der Waals surface area contributed by atoms with Crippen LogP contribution in [-0.4, -0.2) is 24.4 Å². The van der Waals surface area contributed by atoms with Crippen molar-refractivity contribution in [2.24, 2.45) is 11.1 Å². The number of oxime groups is 1. The number of rotatable bonds is 1. The second-order valence-corrected chi connectivity index (χ2v) is 3.91. The van der Waals surface area contributed by atoms with Crippen LogP contribution in [0.3, 0.4) is 0 Å². The highest BCUT2D eigenvalue weighted by Gasteiger charge is 2.31. The number of hydrogen-bond donors (Lipinski definition) is 0. The summed E-state index contributed by atoms with van der Waals surface area (Å²) < 4.78 is 5.25. The fraction of sp³-hybridized carbons (Fsp3) is 0.455. The molecule has 2 aliphatic rings. The molecule has 0 radical (unpaired) electrons. The molecule has 0 fully saturated rings. The monoisotopic (exact) mass is 204 g/mol. The molecule has 1 aliphatic heterocycles. The lowest BCUT2D eigenvalue weighted by atomic mass is 9.84. The number of methoxy groups -OCH3 is 1. The first-order valence-electron chi connectivity index (χ1n) is 5.08. The Morgan fingerprint density at radius 1 is 1.53 bits per heavy atom. The van der Waals surface area contributed by atoms with Crippen molar-refractivity contribution >= 4 is 5.71 Å². The van der Waals surface area contributed by atoms with Crippen LogP contribution in [0.1, 0.15) is 11.1 Å². The largest absolute Gasteiger partial charge is 0.481 e. The average molecular weight is 204 g/mol. The number of hydrogen-bond acceptors (Lipinski definition) is 4. The van der Waals surface area contributed by atoms with Crippen molar-refractivity contribution in [2.45, 2.75) is 12.8 Å². The standard InChI is InChI=1S/C11H12N2O2/c1-14-11-9-5-10-8(6-15-13-10)4-7(9)2-3-12-11/h2-3,8H,4-6H2,1H3.